The molecule has 2 rings (SSSR count). The normalized spacial score (nSPS) is 26.6. The first-order valence-corrected chi connectivity index (χ1v) is 5.70. The molecule has 1 saturated heterocycles. The molecular weight excluding hydrogens is 233 g/mol. The van der Waals surface area contributed by atoms with E-state index < -0.39 is 5.54 Å². The van der Waals surface area contributed by atoms with Crippen LogP contribution in [0.4, 0.5) is 0 Å². The molecule has 1 atom stereocenters. The molecule has 2 nitrogen and oxygen atoms in total. The number of rotatable bonds is 1. The first-order chi connectivity index (χ1) is 7.12. The molecule has 1 aromatic rings. The lowest BCUT2D eigenvalue weighted by Gasteiger charge is -2.33. The summed E-state index contributed by atoms with van der Waals surface area (Å²) in [7, 11) is 0. The van der Waals surface area contributed by atoms with Crippen molar-refractivity contribution in [1.29, 1.82) is 0 Å². The lowest BCUT2D eigenvalue weighted by Crippen LogP contribution is -2.44. The van der Waals surface area contributed by atoms with Gasteiger partial charge in [-0.1, -0.05) is 29.3 Å². The van der Waals surface area contributed by atoms with Gasteiger partial charge in [-0.2, -0.15) is 0 Å². The second-order valence-corrected chi connectivity index (χ2v) is 4.76. The summed E-state index contributed by atoms with van der Waals surface area (Å²) in [6.07, 6.45) is 1.90. The maximum atomic E-state index is 6.27. The minimum absolute atomic E-state index is 0.410. The van der Waals surface area contributed by atoms with Gasteiger partial charge in [0.25, 0.3) is 0 Å². The third-order valence-electron chi connectivity index (χ3n) is 2.77. The molecule has 0 saturated carbocycles. The van der Waals surface area contributed by atoms with Gasteiger partial charge in [0, 0.05) is 6.61 Å². The molecular formula is C11H13Cl2NO. The third-order valence-corrected chi connectivity index (χ3v) is 3.50. The fourth-order valence-electron chi connectivity index (χ4n) is 1.85. The zero-order valence-corrected chi connectivity index (χ0v) is 9.81. The van der Waals surface area contributed by atoms with E-state index in [0.29, 0.717) is 16.7 Å². The Bertz CT molecular complexity index is 362. The smallest absolute Gasteiger partial charge is 0.0688 e. The molecule has 1 aliphatic rings. The zero-order chi connectivity index (χ0) is 10.9. The minimum atomic E-state index is -0.410. The SMILES string of the molecule is NC1(c2ccc(Cl)c(Cl)c2)CCCOC1. The highest BCUT2D eigenvalue weighted by Crippen LogP contribution is 2.32. The summed E-state index contributed by atoms with van der Waals surface area (Å²) in [5.74, 6) is 0. The second-order valence-electron chi connectivity index (χ2n) is 3.94. The standard InChI is InChI=1S/C11H13Cl2NO/c12-9-3-2-8(6-10(9)13)11(14)4-1-5-15-7-11/h2-3,6H,1,4-5,7,14H2. The van der Waals surface area contributed by atoms with Crippen LogP contribution in [-0.2, 0) is 10.3 Å². The fraction of sp³-hybridized carbons (Fsp3) is 0.455. The van der Waals surface area contributed by atoms with Crippen LogP contribution in [0.5, 0.6) is 0 Å². The van der Waals surface area contributed by atoms with Gasteiger partial charge in [0.1, 0.15) is 0 Å². The molecule has 1 heterocycles. The van der Waals surface area contributed by atoms with Crippen molar-refractivity contribution < 1.29 is 4.74 Å². The molecule has 2 N–H and O–H groups in total. The van der Waals surface area contributed by atoms with E-state index in [4.69, 9.17) is 33.7 Å². The molecule has 0 aliphatic carbocycles. The largest absolute Gasteiger partial charge is 0.379 e. The van der Waals surface area contributed by atoms with E-state index in [-0.39, 0.29) is 0 Å². The average molecular weight is 246 g/mol. The van der Waals surface area contributed by atoms with E-state index in [1.807, 2.05) is 12.1 Å². The summed E-state index contributed by atoms with van der Waals surface area (Å²) in [5.41, 5.74) is 6.86. The molecule has 1 aromatic carbocycles. The molecule has 0 spiro atoms. The summed E-state index contributed by atoms with van der Waals surface area (Å²) < 4.78 is 5.41. The van der Waals surface area contributed by atoms with Crippen LogP contribution in [0.2, 0.25) is 10.0 Å². The van der Waals surface area contributed by atoms with E-state index in [0.717, 1.165) is 25.0 Å². The Hall–Kier alpha value is -0.280. The van der Waals surface area contributed by atoms with Crippen molar-refractivity contribution in [2.45, 2.75) is 18.4 Å². The van der Waals surface area contributed by atoms with Crippen LogP contribution in [0.25, 0.3) is 0 Å². The number of halogens is 2. The van der Waals surface area contributed by atoms with E-state index >= 15 is 0 Å². The first-order valence-electron chi connectivity index (χ1n) is 4.94. The molecule has 0 bridgehead atoms. The monoisotopic (exact) mass is 245 g/mol. The highest BCUT2D eigenvalue weighted by atomic mass is 35.5. The van der Waals surface area contributed by atoms with Crippen molar-refractivity contribution in [2.75, 3.05) is 13.2 Å². The van der Waals surface area contributed by atoms with E-state index in [1.165, 1.54) is 0 Å². The van der Waals surface area contributed by atoms with Gasteiger partial charge in [0.05, 0.1) is 22.2 Å². The Morgan fingerprint density at radius 1 is 1.27 bits per heavy atom. The molecule has 0 amide bonds. The number of benzene rings is 1. The van der Waals surface area contributed by atoms with Crippen molar-refractivity contribution >= 4 is 23.2 Å². The summed E-state index contributed by atoms with van der Waals surface area (Å²) in [6.45, 7) is 1.34. The van der Waals surface area contributed by atoms with Crippen LogP contribution in [0.15, 0.2) is 18.2 Å². The van der Waals surface area contributed by atoms with Crippen LogP contribution in [0, 0.1) is 0 Å². The van der Waals surface area contributed by atoms with Crippen molar-refractivity contribution in [2.24, 2.45) is 5.73 Å². The van der Waals surface area contributed by atoms with Gasteiger partial charge in [-0.3, -0.25) is 0 Å². The Labute approximate surface area is 99.3 Å². The van der Waals surface area contributed by atoms with Crippen LogP contribution < -0.4 is 5.73 Å². The van der Waals surface area contributed by atoms with Gasteiger partial charge in [-0.15, -0.1) is 0 Å². The number of hydrogen-bond acceptors (Lipinski definition) is 2. The number of nitrogens with two attached hydrogens (primary N) is 1. The quantitative estimate of drug-likeness (QED) is 0.826. The van der Waals surface area contributed by atoms with Crippen LogP contribution in [-0.4, -0.2) is 13.2 Å². The molecule has 0 aromatic heterocycles. The van der Waals surface area contributed by atoms with Gasteiger partial charge in [-0.05, 0) is 30.5 Å². The van der Waals surface area contributed by atoms with E-state index in [2.05, 4.69) is 0 Å². The van der Waals surface area contributed by atoms with Crippen LogP contribution in [0.3, 0.4) is 0 Å². The van der Waals surface area contributed by atoms with Crippen molar-refractivity contribution in [1.82, 2.24) is 0 Å². The maximum Gasteiger partial charge on any atom is 0.0688 e. The van der Waals surface area contributed by atoms with Crippen LogP contribution >= 0.6 is 23.2 Å². The second kappa shape index (κ2) is 4.30. The molecule has 1 fully saturated rings. The third kappa shape index (κ3) is 2.28. The summed E-state index contributed by atoms with van der Waals surface area (Å²) in [4.78, 5) is 0. The lowest BCUT2D eigenvalue weighted by atomic mass is 9.86. The van der Waals surface area contributed by atoms with Crippen LogP contribution in [0.1, 0.15) is 18.4 Å². The highest BCUT2D eigenvalue weighted by Gasteiger charge is 2.30. The molecule has 1 aliphatic heterocycles. The van der Waals surface area contributed by atoms with E-state index in [9.17, 15) is 0 Å². The number of ether oxygens (including phenoxy) is 1. The molecule has 1 unspecified atom stereocenters. The molecule has 82 valence electrons. The topological polar surface area (TPSA) is 35.2 Å². The Morgan fingerprint density at radius 2 is 2.07 bits per heavy atom. The van der Waals surface area contributed by atoms with Gasteiger partial charge in [-0.25, -0.2) is 0 Å². The predicted octanol–water partition coefficient (Wildman–Crippen LogP) is 2.96. The fourth-order valence-corrected chi connectivity index (χ4v) is 2.15. The van der Waals surface area contributed by atoms with Gasteiger partial charge >= 0.3 is 0 Å². The zero-order valence-electron chi connectivity index (χ0n) is 8.30. The lowest BCUT2D eigenvalue weighted by molar-refractivity contribution is 0.0367. The summed E-state index contributed by atoms with van der Waals surface area (Å²) in [6, 6.07) is 5.53. The molecule has 0 radical (unpaired) electrons. The Balaban J connectivity index is 2.31. The molecule has 4 heteroatoms. The minimum Gasteiger partial charge on any atom is -0.379 e. The first kappa shape index (κ1) is 11.2. The van der Waals surface area contributed by atoms with Gasteiger partial charge in [0.2, 0.25) is 0 Å². The van der Waals surface area contributed by atoms with Gasteiger partial charge < -0.3 is 10.5 Å². The maximum absolute atomic E-state index is 6.27. The van der Waals surface area contributed by atoms with Crippen molar-refractivity contribution in [3.63, 3.8) is 0 Å². The number of hydrogen-bond donors (Lipinski definition) is 1. The predicted molar refractivity (Wildman–Crippen MR) is 62.4 cm³/mol. The highest BCUT2D eigenvalue weighted by molar-refractivity contribution is 6.42. The van der Waals surface area contributed by atoms with Gasteiger partial charge in [0.15, 0.2) is 0 Å². The van der Waals surface area contributed by atoms with E-state index in [1.54, 1.807) is 6.07 Å². The Morgan fingerprint density at radius 3 is 2.67 bits per heavy atom. The Kier molecular flexibility index (Phi) is 3.21. The summed E-state index contributed by atoms with van der Waals surface area (Å²) in [5, 5.41) is 1.10. The molecule has 15 heavy (non-hydrogen) atoms. The average Bonchev–Trinajstić information content (AvgIpc) is 2.23. The van der Waals surface area contributed by atoms with Crippen molar-refractivity contribution in [3.8, 4) is 0 Å². The van der Waals surface area contributed by atoms with Crippen molar-refractivity contribution in [3.05, 3.63) is 33.8 Å². The summed E-state index contributed by atoms with van der Waals surface area (Å²) >= 11 is 11.8.